The summed E-state index contributed by atoms with van der Waals surface area (Å²) in [5.41, 5.74) is 5.65. The van der Waals surface area contributed by atoms with E-state index >= 15 is 0 Å². The second-order valence-corrected chi connectivity index (χ2v) is 8.76. The van der Waals surface area contributed by atoms with Gasteiger partial charge in [-0.05, 0) is 75.0 Å². The summed E-state index contributed by atoms with van der Waals surface area (Å²) in [4.78, 5) is 24.7. The molecule has 1 aromatic carbocycles. The molecule has 33 heavy (non-hydrogen) atoms. The molecule has 1 atom stereocenters. The predicted octanol–water partition coefficient (Wildman–Crippen LogP) is 2.96. The number of carbonyl (C=O) groups is 1. The van der Waals surface area contributed by atoms with E-state index in [9.17, 15) is 4.79 Å². The number of carbonyl (C=O) groups excluding carboxylic acids is 1. The van der Waals surface area contributed by atoms with Crippen LogP contribution in [0.15, 0.2) is 30.6 Å². The number of fused-ring (bicyclic) bond motifs is 3. The number of hydrogen-bond donors (Lipinski definition) is 1. The molecule has 1 aliphatic carbocycles. The average Bonchev–Trinajstić information content (AvgIpc) is 3.47. The number of aryl methyl sites for hydroxylation is 2. The molecule has 2 aromatic heterocycles. The van der Waals surface area contributed by atoms with Gasteiger partial charge in [0.2, 0.25) is 0 Å². The molecule has 0 spiro atoms. The minimum atomic E-state index is -0.0999. The number of hydrogen-bond acceptors (Lipinski definition) is 6. The zero-order valence-electron chi connectivity index (χ0n) is 19.5. The van der Waals surface area contributed by atoms with Crippen LogP contribution in [0.3, 0.4) is 0 Å². The lowest BCUT2D eigenvalue weighted by Crippen LogP contribution is -2.40. The van der Waals surface area contributed by atoms with Crippen LogP contribution >= 0.6 is 0 Å². The van der Waals surface area contributed by atoms with Crippen LogP contribution in [0, 0.1) is 6.92 Å². The Kier molecular flexibility index (Phi) is 5.85. The van der Waals surface area contributed by atoms with Gasteiger partial charge in [-0.1, -0.05) is 6.92 Å². The maximum atomic E-state index is 12.9. The minimum Gasteiger partial charge on any atom is -0.497 e. The van der Waals surface area contributed by atoms with Gasteiger partial charge < -0.3 is 10.1 Å². The first kappa shape index (κ1) is 21.6. The van der Waals surface area contributed by atoms with E-state index < -0.39 is 0 Å². The predicted molar refractivity (Wildman–Crippen MR) is 126 cm³/mol. The van der Waals surface area contributed by atoms with Gasteiger partial charge in [0.15, 0.2) is 0 Å². The molecule has 3 heterocycles. The Hall–Kier alpha value is -3.26. The summed E-state index contributed by atoms with van der Waals surface area (Å²) in [6.45, 7) is 6.84. The highest BCUT2D eigenvalue weighted by atomic mass is 16.5. The van der Waals surface area contributed by atoms with Crippen molar-refractivity contribution < 1.29 is 9.53 Å². The number of amides is 1. The molecule has 3 aromatic rings. The van der Waals surface area contributed by atoms with Gasteiger partial charge in [-0.25, -0.2) is 14.6 Å². The Bertz CT molecular complexity index is 1190. The van der Waals surface area contributed by atoms with Crippen molar-refractivity contribution in [3.05, 3.63) is 53.0 Å². The molecule has 2 aliphatic rings. The van der Waals surface area contributed by atoms with Gasteiger partial charge in [0.05, 0.1) is 30.3 Å². The number of methoxy groups -OCH3 is 1. The molecule has 0 saturated carbocycles. The molecule has 5 rings (SSSR count). The van der Waals surface area contributed by atoms with Crippen molar-refractivity contribution in [1.29, 1.82) is 0 Å². The first-order chi connectivity index (χ1) is 16.1. The summed E-state index contributed by atoms with van der Waals surface area (Å²) in [6, 6.07) is 6.50. The lowest BCUT2D eigenvalue weighted by atomic mass is 9.90. The highest BCUT2D eigenvalue weighted by molar-refractivity contribution is 5.95. The first-order valence-electron chi connectivity index (χ1n) is 11.7. The number of rotatable bonds is 6. The van der Waals surface area contributed by atoms with Crippen molar-refractivity contribution >= 4 is 5.91 Å². The van der Waals surface area contributed by atoms with Crippen LogP contribution in [-0.2, 0) is 12.8 Å². The van der Waals surface area contributed by atoms with E-state index in [1.54, 1.807) is 18.0 Å². The van der Waals surface area contributed by atoms with Crippen LogP contribution in [0.25, 0.3) is 17.2 Å². The zero-order chi connectivity index (χ0) is 22.9. The second-order valence-electron chi connectivity index (χ2n) is 8.76. The number of aromatic nitrogens is 4. The Morgan fingerprint density at radius 2 is 2.09 bits per heavy atom. The molecule has 172 valence electrons. The smallest absolute Gasteiger partial charge is 0.254 e. The Morgan fingerprint density at radius 3 is 2.91 bits per heavy atom. The highest BCUT2D eigenvalue weighted by Gasteiger charge is 2.25. The highest BCUT2D eigenvalue weighted by Crippen LogP contribution is 2.34. The molecule has 0 bridgehead atoms. The summed E-state index contributed by atoms with van der Waals surface area (Å²) in [7, 11) is 1.68. The summed E-state index contributed by atoms with van der Waals surface area (Å²) in [6.07, 6.45) is 7.63. The van der Waals surface area contributed by atoms with Crippen molar-refractivity contribution in [2.75, 3.05) is 26.7 Å². The molecule has 0 radical (unpaired) electrons. The van der Waals surface area contributed by atoms with E-state index in [0.29, 0.717) is 24.1 Å². The van der Waals surface area contributed by atoms with Crippen LogP contribution in [0.4, 0.5) is 0 Å². The lowest BCUT2D eigenvalue weighted by Gasteiger charge is -2.22. The summed E-state index contributed by atoms with van der Waals surface area (Å²) >= 11 is 0. The van der Waals surface area contributed by atoms with Gasteiger partial charge in [-0.15, -0.1) is 0 Å². The number of benzene rings is 1. The zero-order valence-corrected chi connectivity index (χ0v) is 19.5. The minimum absolute atomic E-state index is 0.0999. The van der Waals surface area contributed by atoms with Crippen LogP contribution < -0.4 is 10.1 Å². The summed E-state index contributed by atoms with van der Waals surface area (Å²) < 4.78 is 7.03. The quantitative estimate of drug-likeness (QED) is 0.627. The van der Waals surface area contributed by atoms with E-state index in [4.69, 9.17) is 9.72 Å². The normalized spacial score (nSPS) is 17.5. The van der Waals surface area contributed by atoms with Crippen LogP contribution in [-0.4, -0.2) is 63.3 Å². The number of likely N-dealkylation sites (N-methyl/N-ethyl adjacent to an activating group) is 1. The second kappa shape index (κ2) is 8.94. The number of likely N-dealkylation sites (tertiary alicyclic amines) is 1. The molecule has 1 N–H and O–H groups in total. The van der Waals surface area contributed by atoms with Crippen LogP contribution in [0.5, 0.6) is 5.75 Å². The molecule has 1 fully saturated rings. The Balaban J connectivity index is 1.38. The average molecular weight is 447 g/mol. The molecular formula is C25H30N6O2. The number of nitrogens with zero attached hydrogens (tertiary/aromatic N) is 5. The maximum Gasteiger partial charge on any atom is 0.254 e. The van der Waals surface area contributed by atoms with Crippen molar-refractivity contribution in [3.8, 4) is 23.0 Å². The van der Waals surface area contributed by atoms with Gasteiger partial charge in [-0.3, -0.25) is 9.69 Å². The van der Waals surface area contributed by atoms with Gasteiger partial charge >= 0.3 is 0 Å². The van der Waals surface area contributed by atoms with Gasteiger partial charge in [0, 0.05) is 24.3 Å². The van der Waals surface area contributed by atoms with Crippen LogP contribution in [0.2, 0.25) is 0 Å². The van der Waals surface area contributed by atoms with Crippen molar-refractivity contribution in [2.45, 2.75) is 45.6 Å². The fourth-order valence-corrected chi connectivity index (χ4v) is 5.00. The van der Waals surface area contributed by atoms with Crippen molar-refractivity contribution in [2.24, 2.45) is 0 Å². The molecule has 1 unspecified atom stereocenters. The topological polar surface area (TPSA) is 85.2 Å². The lowest BCUT2D eigenvalue weighted by molar-refractivity contribution is 0.0940. The van der Waals surface area contributed by atoms with E-state index in [1.807, 2.05) is 19.2 Å². The van der Waals surface area contributed by atoms with Crippen molar-refractivity contribution in [3.63, 3.8) is 0 Å². The van der Waals surface area contributed by atoms with E-state index in [-0.39, 0.29) is 5.91 Å². The first-order valence-corrected chi connectivity index (χ1v) is 11.7. The van der Waals surface area contributed by atoms with Gasteiger partial charge in [0.25, 0.3) is 11.9 Å². The summed E-state index contributed by atoms with van der Waals surface area (Å²) in [5.74, 6) is 1.23. The fourth-order valence-electron chi connectivity index (χ4n) is 5.00. The Morgan fingerprint density at radius 1 is 1.24 bits per heavy atom. The SMILES string of the molecule is CCN1CCCC1CNC(=O)c1cnn(-c2ncc3c(n2)-c2ccc(OC)cc2CC3)c1C. The van der Waals surface area contributed by atoms with E-state index in [2.05, 4.69) is 39.4 Å². The third-order valence-corrected chi connectivity index (χ3v) is 6.93. The Labute approximate surface area is 194 Å². The summed E-state index contributed by atoms with van der Waals surface area (Å²) in [5, 5.41) is 7.55. The monoisotopic (exact) mass is 446 g/mol. The molecule has 8 nitrogen and oxygen atoms in total. The third-order valence-electron chi connectivity index (χ3n) is 6.93. The maximum absolute atomic E-state index is 12.9. The molecule has 1 saturated heterocycles. The molecular weight excluding hydrogens is 416 g/mol. The molecule has 1 amide bonds. The largest absolute Gasteiger partial charge is 0.497 e. The molecule has 8 heteroatoms. The van der Waals surface area contributed by atoms with Gasteiger partial charge in [0.1, 0.15) is 5.75 Å². The van der Waals surface area contributed by atoms with Crippen molar-refractivity contribution in [1.82, 2.24) is 30.0 Å². The van der Waals surface area contributed by atoms with Crippen LogP contribution in [0.1, 0.15) is 46.9 Å². The molecule has 1 aliphatic heterocycles. The third kappa shape index (κ3) is 3.99. The van der Waals surface area contributed by atoms with Gasteiger partial charge in [-0.2, -0.15) is 5.10 Å². The fraction of sp³-hybridized carbons (Fsp3) is 0.440. The number of nitrogens with one attached hydrogen (secondary N) is 1. The van der Waals surface area contributed by atoms with E-state index in [1.165, 1.54) is 12.0 Å². The van der Waals surface area contributed by atoms with E-state index in [0.717, 1.165) is 60.6 Å². The standard InChI is InChI=1S/C25H30N6O2/c1-4-30-11-5-6-19(30)14-26-24(32)22-15-28-31(16(22)2)25-27-13-18-8-7-17-12-20(33-3)9-10-21(17)23(18)29-25/h9-10,12-13,15,19H,4-8,11,14H2,1-3H3,(H,26,32). The number of ether oxygens (including phenoxy) is 1.